The molecule has 0 saturated carbocycles. The third-order valence-electron chi connectivity index (χ3n) is 9.75. The maximum absolute atomic E-state index is 13.1. The predicted molar refractivity (Wildman–Crippen MR) is 189 cm³/mol. The fraction of sp³-hybridized carbons (Fsp3) is 0.923. The van der Waals surface area contributed by atoms with Gasteiger partial charge < -0.3 is 14.5 Å². The van der Waals surface area contributed by atoms with Crippen molar-refractivity contribution in [3.63, 3.8) is 0 Å². The molecule has 1 aliphatic heterocycles. The molecule has 2 amide bonds. The summed E-state index contributed by atoms with van der Waals surface area (Å²) in [5.41, 5.74) is 0. The molecule has 1 saturated heterocycles. The minimum absolute atomic E-state index is 0.109. The Morgan fingerprint density at radius 2 is 0.733 bits per heavy atom. The van der Waals surface area contributed by atoms with Crippen LogP contribution in [0.3, 0.4) is 0 Å². The lowest BCUT2D eigenvalue weighted by Gasteiger charge is -2.23. The smallest absolute Gasteiger partial charge is 0.312 e. The quantitative estimate of drug-likeness (QED) is 0.0606. The van der Waals surface area contributed by atoms with Crippen LogP contribution in [0.5, 0.6) is 0 Å². The molecule has 0 aromatic heterocycles. The Labute approximate surface area is 279 Å². The summed E-state index contributed by atoms with van der Waals surface area (Å²) < 4.78 is 5.05. The van der Waals surface area contributed by atoms with Crippen LogP contribution in [0.1, 0.15) is 194 Å². The molecular weight excluding hydrogens is 560 g/mol. The molecule has 0 unspecified atom stereocenters. The monoisotopic (exact) mass is 635 g/mol. The molecule has 0 atom stereocenters. The van der Waals surface area contributed by atoms with Gasteiger partial charge >= 0.3 is 5.97 Å². The van der Waals surface area contributed by atoms with Gasteiger partial charge in [-0.3, -0.25) is 14.4 Å². The summed E-state index contributed by atoms with van der Waals surface area (Å²) in [5, 5.41) is 0. The van der Waals surface area contributed by atoms with Crippen LogP contribution in [0.25, 0.3) is 0 Å². The van der Waals surface area contributed by atoms with E-state index in [1.165, 1.54) is 148 Å². The van der Waals surface area contributed by atoms with Crippen molar-refractivity contribution < 1.29 is 19.1 Å². The summed E-state index contributed by atoms with van der Waals surface area (Å²) in [7, 11) is 1.40. The van der Waals surface area contributed by atoms with Crippen LogP contribution in [0.2, 0.25) is 0 Å². The lowest BCUT2D eigenvalue weighted by Crippen LogP contribution is -2.38. The van der Waals surface area contributed by atoms with Crippen LogP contribution < -0.4 is 0 Å². The molecule has 0 aromatic rings. The topological polar surface area (TPSA) is 66.9 Å². The van der Waals surface area contributed by atoms with Crippen molar-refractivity contribution in [2.45, 2.75) is 194 Å². The van der Waals surface area contributed by atoms with Gasteiger partial charge in [0.1, 0.15) is 0 Å². The van der Waals surface area contributed by atoms with Gasteiger partial charge in [-0.2, -0.15) is 0 Å². The third kappa shape index (κ3) is 22.6. The van der Waals surface area contributed by atoms with Gasteiger partial charge in [-0.25, -0.2) is 0 Å². The molecule has 45 heavy (non-hydrogen) atoms. The van der Waals surface area contributed by atoms with Crippen molar-refractivity contribution in [2.24, 2.45) is 5.92 Å². The second-order valence-electron chi connectivity index (χ2n) is 13.9. The Morgan fingerprint density at radius 3 is 1.00 bits per heavy atom. The van der Waals surface area contributed by atoms with Gasteiger partial charge in [0, 0.05) is 39.0 Å². The number of esters is 1. The summed E-state index contributed by atoms with van der Waals surface area (Å²) in [6, 6.07) is 0. The minimum atomic E-state index is -0.469. The van der Waals surface area contributed by atoms with Crippen LogP contribution in [0.4, 0.5) is 0 Å². The average Bonchev–Trinajstić information content (AvgIpc) is 3.28. The molecule has 0 spiro atoms. The van der Waals surface area contributed by atoms with Crippen molar-refractivity contribution in [2.75, 3.05) is 33.3 Å². The maximum atomic E-state index is 13.1. The van der Waals surface area contributed by atoms with E-state index >= 15 is 0 Å². The Balaban J connectivity index is 2.21. The van der Waals surface area contributed by atoms with E-state index in [0.29, 0.717) is 39.0 Å². The van der Waals surface area contributed by atoms with Crippen molar-refractivity contribution in [1.29, 1.82) is 0 Å². The molecule has 1 heterocycles. The molecule has 264 valence electrons. The summed E-state index contributed by atoms with van der Waals surface area (Å²) in [4.78, 5) is 42.3. The highest BCUT2D eigenvalue weighted by Crippen LogP contribution is 2.18. The predicted octanol–water partition coefficient (Wildman–Crippen LogP) is 10.4. The molecule has 0 aliphatic carbocycles. The summed E-state index contributed by atoms with van der Waals surface area (Å²) in [6.45, 7) is 6.26. The fourth-order valence-corrected chi connectivity index (χ4v) is 6.69. The van der Waals surface area contributed by atoms with E-state index < -0.39 is 5.92 Å². The normalized spacial score (nSPS) is 14.1. The zero-order valence-electron chi connectivity index (χ0n) is 30.2. The largest absolute Gasteiger partial charge is 0.469 e. The molecule has 0 bridgehead atoms. The summed E-state index contributed by atoms with van der Waals surface area (Å²) >= 11 is 0. The highest BCUT2D eigenvalue weighted by molar-refractivity contribution is 5.80. The van der Waals surface area contributed by atoms with E-state index in [1.54, 1.807) is 9.80 Å². The van der Waals surface area contributed by atoms with E-state index in [-0.39, 0.29) is 17.8 Å². The second kappa shape index (κ2) is 29.8. The summed E-state index contributed by atoms with van der Waals surface area (Å²) in [5.74, 6) is -0.575. The average molecular weight is 635 g/mol. The Bertz CT molecular complexity index is 676. The Morgan fingerprint density at radius 1 is 0.467 bits per heavy atom. The SMILES string of the molecule is CCCCCCCCCCCCCCCC(=O)N1CCN(C(=O)CCCCCCCCCCCCCCC)CC(C(=O)OC)C1. The number of carbonyl (C=O) groups excluding carboxylic acids is 3. The fourth-order valence-electron chi connectivity index (χ4n) is 6.69. The highest BCUT2D eigenvalue weighted by Gasteiger charge is 2.32. The van der Waals surface area contributed by atoms with E-state index in [0.717, 1.165) is 25.7 Å². The molecule has 6 nitrogen and oxygen atoms in total. The minimum Gasteiger partial charge on any atom is -0.469 e. The van der Waals surface area contributed by atoms with Crippen LogP contribution in [-0.4, -0.2) is 60.9 Å². The Hall–Kier alpha value is -1.59. The van der Waals surface area contributed by atoms with Gasteiger partial charge in [-0.1, -0.05) is 168 Å². The van der Waals surface area contributed by atoms with Crippen LogP contribution in [-0.2, 0) is 19.1 Å². The number of methoxy groups -OCH3 is 1. The van der Waals surface area contributed by atoms with Crippen LogP contribution in [0.15, 0.2) is 0 Å². The molecule has 1 aliphatic rings. The highest BCUT2D eigenvalue weighted by atomic mass is 16.5. The standard InChI is InChI=1S/C39H74N2O4/c1-4-6-8-10-12-14-16-18-20-22-24-26-28-30-37(42)40-32-33-41(35-36(34-40)39(44)45-3)38(43)31-29-27-25-23-21-19-17-15-13-11-9-7-5-2/h36H,4-35H2,1-3H3. The van der Waals surface area contributed by atoms with Crippen molar-refractivity contribution in [3.05, 3.63) is 0 Å². The zero-order valence-corrected chi connectivity index (χ0v) is 30.2. The van der Waals surface area contributed by atoms with E-state index in [2.05, 4.69) is 13.8 Å². The molecular formula is C39H74N2O4. The van der Waals surface area contributed by atoms with E-state index in [4.69, 9.17) is 4.74 Å². The van der Waals surface area contributed by atoms with Gasteiger partial charge in [0.2, 0.25) is 11.8 Å². The number of amides is 2. The molecule has 0 aromatic carbocycles. The number of hydrogen-bond donors (Lipinski definition) is 0. The number of hydrogen-bond acceptors (Lipinski definition) is 4. The first-order valence-corrected chi connectivity index (χ1v) is 19.7. The third-order valence-corrected chi connectivity index (χ3v) is 9.75. The lowest BCUT2D eigenvalue weighted by atomic mass is 10.0. The Kier molecular flexibility index (Phi) is 27.4. The second-order valence-corrected chi connectivity index (χ2v) is 13.9. The first kappa shape index (κ1) is 41.4. The number of unbranched alkanes of at least 4 members (excludes halogenated alkanes) is 24. The first-order chi connectivity index (χ1) is 22.0. The van der Waals surface area contributed by atoms with Crippen molar-refractivity contribution in [1.82, 2.24) is 9.80 Å². The molecule has 6 heteroatoms. The van der Waals surface area contributed by atoms with E-state index in [1.807, 2.05) is 0 Å². The number of ether oxygens (including phenoxy) is 1. The van der Waals surface area contributed by atoms with Gasteiger partial charge in [-0.15, -0.1) is 0 Å². The van der Waals surface area contributed by atoms with Crippen LogP contribution >= 0.6 is 0 Å². The van der Waals surface area contributed by atoms with Crippen molar-refractivity contribution >= 4 is 17.8 Å². The van der Waals surface area contributed by atoms with E-state index in [9.17, 15) is 14.4 Å². The zero-order chi connectivity index (χ0) is 32.8. The van der Waals surface area contributed by atoms with Gasteiger partial charge in [0.25, 0.3) is 0 Å². The molecule has 1 rings (SSSR count). The number of rotatable bonds is 29. The maximum Gasteiger partial charge on any atom is 0.312 e. The molecule has 1 fully saturated rings. The van der Waals surface area contributed by atoms with Gasteiger partial charge in [-0.05, 0) is 12.8 Å². The van der Waals surface area contributed by atoms with Crippen LogP contribution in [0, 0.1) is 5.92 Å². The summed E-state index contributed by atoms with van der Waals surface area (Å²) in [6.07, 6.45) is 34.4. The molecule has 0 N–H and O–H groups in total. The van der Waals surface area contributed by atoms with Gasteiger partial charge in [0.05, 0.1) is 13.0 Å². The number of nitrogens with zero attached hydrogens (tertiary/aromatic N) is 2. The lowest BCUT2D eigenvalue weighted by molar-refractivity contribution is -0.147. The number of carbonyl (C=O) groups is 3. The van der Waals surface area contributed by atoms with Gasteiger partial charge in [0.15, 0.2) is 0 Å². The first-order valence-electron chi connectivity index (χ1n) is 19.7. The molecule has 0 radical (unpaired) electrons. The van der Waals surface area contributed by atoms with Crippen molar-refractivity contribution in [3.8, 4) is 0 Å².